The van der Waals surface area contributed by atoms with Crippen molar-refractivity contribution in [3.63, 3.8) is 0 Å². The number of halogens is 1. The fraction of sp³-hybridized carbons (Fsp3) is 0.500. The van der Waals surface area contributed by atoms with Gasteiger partial charge in [0, 0.05) is 32.1 Å². The molecule has 2 fully saturated rings. The van der Waals surface area contributed by atoms with E-state index in [0.29, 0.717) is 5.92 Å². The molecule has 1 aliphatic heterocycles. The number of hydrogen-bond donors (Lipinski definition) is 0. The van der Waals surface area contributed by atoms with Gasteiger partial charge in [0.15, 0.2) is 0 Å². The van der Waals surface area contributed by atoms with Crippen molar-refractivity contribution < 1.29 is 4.42 Å². The van der Waals surface area contributed by atoms with Crippen molar-refractivity contribution in [1.82, 2.24) is 15.1 Å². The number of anilines is 1. The second-order valence-corrected chi connectivity index (χ2v) is 6.43. The Morgan fingerprint density at radius 1 is 1.09 bits per heavy atom. The topological polar surface area (TPSA) is 45.4 Å². The number of hydrogen-bond acceptors (Lipinski definition) is 5. The minimum absolute atomic E-state index is 0.526. The molecule has 0 amide bonds. The molecule has 0 unspecified atom stereocenters. The summed E-state index contributed by atoms with van der Waals surface area (Å²) in [6, 6.07) is 8.03. The predicted molar refractivity (Wildman–Crippen MR) is 85.2 cm³/mol. The fourth-order valence-corrected chi connectivity index (χ4v) is 3.13. The summed E-state index contributed by atoms with van der Waals surface area (Å²) in [6.07, 6.45) is 2.39. The lowest BCUT2D eigenvalue weighted by molar-refractivity contribution is 0.224. The zero-order valence-electron chi connectivity index (χ0n) is 12.4. The van der Waals surface area contributed by atoms with Crippen LogP contribution in [0.2, 0.25) is 5.02 Å². The van der Waals surface area contributed by atoms with E-state index in [-0.39, 0.29) is 0 Å². The van der Waals surface area contributed by atoms with Crippen LogP contribution in [0.3, 0.4) is 0 Å². The van der Waals surface area contributed by atoms with Crippen LogP contribution in [0.4, 0.5) is 5.69 Å². The van der Waals surface area contributed by atoms with E-state index in [2.05, 4.69) is 26.1 Å². The van der Waals surface area contributed by atoms with E-state index in [4.69, 9.17) is 16.0 Å². The van der Waals surface area contributed by atoms with E-state index in [9.17, 15) is 0 Å². The van der Waals surface area contributed by atoms with Crippen molar-refractivity contribution in [2.75, 3.05) is 31.1 Å². The molecule has 4 rings (SSSR count). The molecular weight excluding hydrogens is 300 g/mol. The van der Waals surface area contributed by atoms with Crippen LogP contribution in [0.25, 0.3) is 0 Å². The number of para-hydroxylation sites is 1. The molecule has 5 nitrogen and oxygen atoms in total. The Morgan fingerprint density at radius 3 is 2.59 bits per heavy atom. The molecule has 0 radical (unpaired) electrons. The summed E-state index contributed by atoms with van der Waals surface area (Å²) in [5, 5.41) is 9.14. The second kappa shape index (κ2) is 5.89. The van der Waals surface area contributed by atoms with Gasteiger partial charge in [0.05, 0.1) is 17.3 Å². The first-order chi connectivity index (χ1) is 10.8. The summed E-state index contributed by atoms with van der Waals surface area (Å²) in [4.78, 5) is 4.69. The molecule has 6 heteroatoms. The van der Waals surface area contributed by atoms with Crippen molar-refractivity contribution >= 4 is 17.3 Å². The Morgan fingerprint density at radius 2 is 1.86 bits per heavy atom. The van der Waals surface area contributed by atoms with Crippen molar-refractivity contribution in [3.8, 4) is 0 Å². The highest BCUT2D eigenvalue weighted by Crippen LogP contribution is 2.39. The maximum absolute atomic E-state index is 6.27. The lowest BCUT2D eigenvalue weighted by Gasteiger charge is -2.35. The predicted octanol–water partition coefficient (Wildman–Crippen LogP) is 2.92. The molecule has 1 aromatic heterocycles. The summed E-state index contributed by atoms with van der Waals surface area (Å²) in [5.41, 5.74) is 1.12. The molecule has 1 saturated heterocycles. The van der Waals surface area contributed by atoms with Gasteiger partial charge < -0.3 is 9.32 Å². The number of nitrogens with zero attached hydrogens (tertiary/aromatic N) is 4. The van der Waals surface area contributed by atoms with Crippen LogP contribution in [0.1, 0.15) is 30.5 Å². The summed E-state index contributed by atoms with van der Waals surface area (Å²) in [5.74, 6) is 2.09. The second-order valence-electron chi connectivity index (χ2n) is 6.02. The monoisotopic (exact) mass is 318 g/mol. The van der Waals surface area contributed by atoms with Crippen molar-refractivity contribution in [2.24, 2.45) is 0 Å². The van der Waals surface area contributed by atoms with E-state index in [1.54, 1.807) is 0 Å². The molecule has 2 heterocycles. The summed E-state index contributed by atoms with van der Waals surface area (Å²) >= 11 is 6.27. The van der Waals surface area contributed by atoms with Crippen LogP contribution in [0.5, 0.6) is 0 Å². The zero-order chi connectivity index (χ0) is 14.9. The summed E-state index contributed by atoms with van der Waals surface area (Å²) in [6.45, 7) is 4.63. The van der Waals surface area contributed by atoms with Gasteiger partial charge in [-0.2, -0.15) is 0 Å². The molecule has 0 atom stereocenters. The molecule has 0 spiro atoms. The smallest absolute Gasteiger partial charge is 0.230 e. The van der Waals surface area contributed by atoms with Gasteiger partial charge in [-0.15, -0.1) is 10.2 Å². The number of rotatable bonds is 4. The third-order valence-electron chi connectivity index (χ3n) is 4.33. The van der Waals surface area contributed by atoms with E-state index >= 15 is 0 Å². The zero-order valence-corrected chi connectivity index (χ0v) is 13.2. The largest absolute Gasteiger partial charge is 0.424 e. The lowest BCUT2D eigenvalue weighted by atomic mass is 10.2. The first-order valence-electron chi connectivity index (χ1n) is 7.84. The third kappa shape index (κ3) is 2.96. The molecule has 22 heavy (non-hydrogen) atoms. The average Bonchev–Trinajstić information content (AvgIpc) is 3.29. The van der Waals surface area contributed by atoms with Gasteiger partial charge in [-0.1, -0.05) is 23.7 Å². The van der Waals surface area contributed by atoms with E-state index < -0.39 is 0 Å². The van der Waals surface area contributed by atoms with Gasteiger partial charge in [0.25, 0.3) is 0 Å². The van der Waals surface area contributed by atoms with Crippen molar-refractivity contribution in [2.45, 2.75) is 25.3 Å². The molecule has 1 aliphatic carbocycles. The van der Waals surface area contributed by atoms with Crippen LogP contribution in [0.15, 0.2) is 28.7 Å². The SMILES string of the molecule is Clc1ccccc1N1CCN(Cc2nnc(C3CC3)o2)CC1. The molecule has 0 bridgehead atoms. The van der Waals surface area contributed by atoms with E-state index in [1.165, 1.54) is 12.8 Å². The molecule has 0 N–H and O–H groups in total. The van der Waals surface area contributed by atoms with E-state index in [1.807, 2.05) is 18.2 Å². The first kappa shape index (κ1) is 14.0. The lowest BCUT2D eigenvalue weighted by Crippen LogP contribution is -2.46. The van der Waals surface area contributed by atoms with Crippen LogP contribution in [-0.2, 0) is 6.54 Å². The maximum atomic E-state index is 6.27. The Labute approximate surface area is 134 Å². The highest BCUT2D eigenvalue weighted by atomic mass is 35.5. The number of piperazine rings is 1. The average molecular weight is 319 g/mol. The van der Waals surface area contributed by atoms with Crippen molar-refractivity contribution in [1.29, 1.82) is 0 Å². The normalized spacial score (nSPS) is 19.6. The van der Waals surface area contributed by atoms with Gasteiger partial charge in [-0.05, 0) is 25.0 Å². The Balaban J connectivity index is 1.34. The minimum atomic E-state index is 0.526. The van der Waals surface area contributed by atoms with Gasteiger partial charge in [0.2, 0.25) is 11.8 Å². The molecule has 1 aromatic carbocycles. The number of benzene rings is 1. The van der Waals surface area contributed by atoms with Gasteiger partial charge in [0.1, 0.15) is 0 Å². The molecule has 1 saturated carbocycles. The molecule has 2 aliphatic rings. The van der Waals surface area contributed by atoms with Crippen LogP contribution in [-0.4, -0.2) is 41.3 Å². The van der Waals surface area contributed by atoms with Crippen LogP contribution >= 0.6 is 11.6 Å². The number of aromatic nitrogens is 2. The highest BCUT2D eigenvalue weighted by molar-refractivity contribution is 6.33. The van der Waals surface area contributed by atoms with Gasteiger partial charge in [-0.3, -0.25) is 4.90 Å². The van der Waals surface area contributed by atoms with Gasteiger partial charge in [-0.25, -0.2) is 0 Å². The Hall–Kier alpha value is -1.59. The highest BCUT2D eigenvalue weighted by Gasteiger charge is 2.29. The Bertz CT molecular complexity index is 647. The summed E-state index contributed by atoms with van der Waals surface area (Å²) in [7, 11) is 0. The van der Waals surface area contributed by atoms with Crippen LogP contribution in [0, 0.1) is 0 Å². The van der Waals surface area contributed by atoms with Crippen LogP contribution < -0.4 is 4.90 Å². The Kier molecular flexibility index (Phi) is 3.76. The minimum Gasteiger partial charge on any atom is -0.424 e. The standard InChI is InChI=1S/C16H19ClN4O/c17-13-3-1-2-4-14(13)21-9-7-20(8-10-21)11-15-18-19-16(22-15)12-5-6-12/h1-4,12H,5-11H2. The maximum Gasteiger partial charge on any atom is 0.230 e. The van der Waals surface area contributed by atoms with Gasteiger partial charge >= 0.3 is 0 Å². The molecular formula is C16H19ClN4O. The molecule has 2 aromatic rings. The fourth-order valence-electron chi connectivity index (χ4n) is 2.87. The molecule has 116 valence electrons. The summed E-state index contributed by atoms with van der Waals surface area (Å²) < 4.78 is 5.74. The quantitative estimate of drug-likeness (QED) is 0.867. The third-order valence-corrected chi connectivity index (χ3v) is 4.65. The van der Waals surface area contributed by atoms with Crippen molar-refractivity contribution in [3.05, 3.63) is 41.1 Å². The first-order valence-corrected chi connectivity index (χ1v) is 8.21. The van der Waals surface area contributed by atoms with E-state index in [0.717, 1.165) is 55.2 Å².